The van der Waals surface area contributed by atoms with Crippen molar-refractivity contribution < 1.29 is 9.84 Å². The van der Waals surface area contributed by atoms with Gasteiger partial charge in [0.25, 0.3) is 0 Å². The maximum Gasteiger partial charge on any atom is 0.232 e. The zero-order valence-electron chi connectivity index (χ0n) is 15.2. The van der Waals surface area contributed by atoms with Crippen molar-refractivity contribution in [1.82, 2.24) is 25.5 Å². The molecular weight excluding hydrogens is 378 g/mol. The smallest absolute Gasteiger partial charge is 0.232 e. The zero-order chi connectivity index (χ0) is 18.2. The first-order valence-electron chi connectivity index (χ1n) is 9.32. The number of hydrogen-bond donors (Lipinski definition) is 3. The zero-order valence-corrected chi connectivity index (χ0v) is 16.0. The molecule has 28 heavy (non-hydrogen) atoms. The number of H-pyrrole nitrogens is 1. The minimum Gasteiger partial charge on any atom is -0.507 e. The van der Waals surface area contributed by atoms with Gasteiger partial charge in [-0.2, -0.15) is 5.10 Å². The van der Waals surface area contributed by atoms with E-state index < -0.39 is 0 Å². The van der Waals surface area contributed by atoms with Crippen molar-refractivity contribution in [1.29, 1.82) is 0 Å². The van der Waals surface area contributed by atoms with Gasteiger partial charge in [0.15, 0.2) is 0 Å². The van der Waals surface area contributed by atoms with Crippen molar-refractivity contribution >= 4 is 12.4 Å². The standard InChI is InChI=1S/C20H21N5O2.ClH/c26-19-5-12(13-8-23-24-9-13)1-4-17(19)18-10-22-20(11-21-18)27-16-6-14-2-3-15(7-16)25-14;/h1,4-5,8-11,14-16,25-26H,2-3,6-7H2,(H,23,24);1H. The molecule has 2 atom stereocenters. The van der Waals surface area contributed by atoms with Gasteiger partial charge in [-0.1, -0.05) is 6.07 Å². The maximum atomic E-state index is 10.4. The van der Waals surface area contributed by atoms with Crippen LogP contribution < -0.4 is 10.1 Å². The summed E-state index contributed by atoms with van der Waals surface area (Å²) in [6.07, 6.45) is 11.5. The van der Waals surface area contributed by atoms with E-state index in [1.165, 1.54) is 12.8 Å². The Kier molecular flexibility index (Phi) is 5.19. The largest absolute Gasteiger partial charge is 0.507 e. The predicted molar refractivity (Wildman–Crippen MR) is 108 cm³/mol. The van der Waals surface area contributed by atoms with Gasteiger partial charge in [0.1, 0.15) is 11.9 Å². The third kappa shape index (κ3) is 3.68. The number of aromatic nitrogens is 4. The van der Waals surface area contributed by atoms with Crippen LogP contribution in [0.15, 0.2) is 43.0 Å². The summed E-state index contributed by atoms with van der Waals surface area (Å²) in [5, 5.41) is 20.7. The van der Waals surface area contributed by atoms with Crippen LogP contribution in [0.3, 0.4) is 0 Å². The molecule has 2 aliphatic rings. The summed E-state index contributed by atoms with van der Waals surface area (Å²) in [7, 11) is 0. The molecule has 2 unspecified atom stereocenters. The Morgan fingerprint density at radius 1 is 1.00 bits per heavy atom. The Balaban J connectivity index is 0.00000192. The van der Waals surface area contributed by atoms with Gasteiger partial charge in [-0.3, -0.25) is 5.10 Å². The number of benzene rings is 1. The fourth-order valence-corrected chi connectivity index (χ4v) is 4.12. The second kappa shape index (κ2) is 7.77. The van der Waals surface area contributed by atoms with E-state index in [4.69, 9.17) is 4.74 Å². The second-order valence-corrected chi connectivity index (χ2v) is 7.31. The molecule has 146 valence electrons. The molecule has 0 radical (unpaired) electrons. The number of halogens is 1. The van der Waals surface area contributed by atoms with Crippen LogP contribution in [0.25, 0.3) is 22.4 Å². The van der Waals surface area contributed by atoms with Crippen LogP contribution in [0, 0.1) is 0 Å². The molecular formula is C20H22ClN5O2. The van der Waals surface area contributed by atoms with Gasteiger partial charge in [-0.25, -0.2) is 9.97 Å². The van der Waals surface area contributed by atoms with E-state index in [0.29, 0.717) is 29.2 Å². The van der Waals surface area contributed by atoms with E-state index in [-0.39, 0.29) is 24.3 Å². The Morgan fingerprint density at radius 3 is 2.46 bits per heavy atom. The lowest BCUT2D eigenvalue weighted by Gasteiger charge is -2.28. The molecule has 2 fully saturated rings. The number of phenols is 1. The van der Waals surface area contributed by atoms with Gasteiger partial charge < -0.3 is 15.2 Å². The van der Waals surface area contributed by atoms with Gasteiger partial charge in [0.05, 0.1) is 24.3 Å². The fraction of sp³-hybridized carbons (Fsp3) is 0.350. The highest BCUT2D eigenvalue weighted by Crippen LogP contribution is 2.33. The van der Waals surface area contributed by atoms with Crippen LogP contribution in [0.2, 0.25) is 0 Å². The molecule has 0 amide bonds. The maximum absolute atomic E-state index is 10.4. The van der Waals surface area contributed by atoms with Gasteiger partial charge in [-0.15, -0.1) is 12.4 Å². The van der Waals surface area contributed by atoms with Crippen LogP contribution in [-0.2, 0) is 0 Å². The molecule has 2 aliphatic heterocycles. The quantitative estimate of drug-likeness (QED) is 0.622. The van der Waals surface area contributed by atoms with Crippen LogP contribution in [0.4, 0.5) is 0 Å². The molecule has 0 spiro atoms. The highest BCUT2D eigenvalue weighted by Gasteiger charge is 2.34. The van der Waals surface area contributed by atoms with Crippen molar-refractivity contribution in [2.75, 3.05) is 0 Å². The lowest BCUT2D eigenvalue weighted by molar-refractivity contribution is 0.131. The van der Waals surface area contributed by atoms with E-state index in [1.807, 2.05) is 12.1 Å². The molecule has 3 aromatic rings. The van der Waals surface area contributed by atoms with Crippen LogP contribution in [-0.4, -0.2) is 43.5 Å². The Labute approximate surface area is 169 Å². The Bertz CT molecular complexity index is 920. The summed E-state index contributed by atoms with van der Waals surface area (Å²) in [5.41, 5.74) is 3.06. The summed E-state index contributed by atoms with van der Waals surface area (Å²) in [6, 6.07) is 6.62. The molecule has 2 saturated heterocycles. The molecule has 3 N–H and O–H groups in total. The van der Waals surface area contributed by atoms with E-state index in [9.17, 15) is 5.11 Å². The average Bonchev–Trinajstić information content (AvgIpc) is 3.32. The van der Waals surface area contributed by atoms with Crippen LogP contribution in [0.1, 0.15) is 25.7 Å². The number of hydrogen-bond acceptors (Lipinski definition) is 6. The third-order valence-electron chi connectivity index (χ3n) is 5.45. The number of phenolic OH excluding ortho intramolecular Hbond substituents is 1. The van der Waals surface area contributed by atoms with Crippen molar-refractivity contribution in [2.24, 2.45) is 0 Å². The average molecular weight is 400 g/mol. The van der Waals surface area contributed by atoms with Crippen molar-refractivity contribution in [3.05, 3.63) is 43.0 Å². The molecule has 4 heterocycles. The topological polar surface area (TPSA) is 96.0 Å². The molecule has 8 heteroatoms. The number of fused-ring (bicyclic) bond motifs is 2. The first kappa shape index (κ1) is 18.7. The molecule has 0 aliphatic carbocycles. The first-order chi connectivity index (χ1) is 13.2. The predicted octanol–water partition coefficient (Wildman–Crippen LogP) is 3.32. The van der Waals surface area contributed by atoms with E-state index >= 15 is 0 Å². The highest BCUT2D eigenvalue weighted by atomic mass is 35.5. The molecule has 7 nitrogen and oxygen atoms in total. The molecule has 2 aromatic heterocycles. The lowest BCUT2D eigenvalue weighted by atomic mass is 10.0. The summed E-state index contributed by atoms with van der Waals surface area (Å²) in [4.78, 5) is 8.84. The summed E-state index contributed by atoms with van der Waals surface area (Å²) < 4.78 is 6.04. The summed E-state index contributed by atoms with van der Waals surface area (Å²) in [6.45, 7) is 0. The number of aromatic amines is 1. The minimum atomic E-state index is 0. The van der Waals surface area contributed by atoms with E-state index in [2.05, 4.69) is 25.5 Å². The Hall–Kier alpha value is -2.64. The van der Waals surface area contributed by atoms with Gasteiger partial charge in [0.2, 0.25) is 5.88 Å². The first-order valence-corrected chi connectivity index (χ1v) is 9.32. The normalized spacial score (nSPS) is 23.2. The molecule has 1 aromatic carbocycles. The second-order valence-electron chi connectivity index (χ2n) is 7.31. The number of rotatable bonds is 4. The number of nitrogens with zero attached hydrogens (tertiary/aromatic N) is 3. The van der Waals surface area contributed by atoms with Gasteiger partial charge >= 0.3 is 0 Å². The molecule has 2 bridgehead atoms. The van der Waals surface area contributed by atoms with Gasteiger partial charge in [0, 0.05) is 29.4 Å². The highest BCUT2D eigenvalue weighted by molar-refractivity contribution is 5.85. The van der Waals surface area contributed by atoms with Crippen LogP contribution >= 0.6 is 12.4 Å². The number of nitrogens with one attached hydrogen (secondary N) is 2. The summed E-state index contributed by atoms with van der Waals surface area (Å²) in [5.74, 6) is 0.700. The van der Waals surface area contributed by atoms with Crippen molar-refractivity contribution in [2.45, 2.75) is 43.9 Å². The van der Waals surface area contributed by atoms with Crippen LogP contribution in [0.5, 0.6) is 11.6 Å². The summed E-state index contributed by atoms with van der Waals surface area (Å²) >= 11 is 0. The van der Waals surface area contributed by atoms with Gasteiger partial charge in [-0.05, 0) is 43.4 Å². The molecule has 5 rings (SSSR count). The minimum absolute atomic E-state index is 0. The number of aromatic hydroxyl groups is 1. The SMILES string of the molecule is Cl.Oc1cc(-c2cn[nH]c2)ccc1-c1cnc(OC2CC3CCC(C2)N3)cn1. The van der Waals surface area contributed by atoms with Crippen molar-refractivity contribution in [3.8, 4) is 34.0 Å². The van der Waals surface area contributed by atoms with Crippen molar-refractivity contribution in [3.63, 3.8) is 0 Å². The fourth-order valence-electron chi connectivity index (χ4n) is 4.12. The molecule has 0 saturated carbocycles. The Morgan fingerprint density at radius 2 is 1.82 bits per heavy atom. The lowest BCUT2D eigenvalue weighted by Crippen LogP contribution is -2.42. The monoisotopic (exact) mass is 399 g/mol. The number of piperidine rings is 1. The van der Waals surface area contributed by atoms with E-state index in [1.54, 1.807) is 30.9 Å². The van der Waals surface area contributed by atoms with E-state index in [0.717, 1.165) is 24.0 Å². The third-order valence-corrected chi connectivity index (χ3v) is 5.45. The number of ether oxygens (including phenoxy) is 1.